The summed E-state index contributed by atoms with van der Waals surface area (Å²) in [6.45, 7) is 2.07. The highest BCUT2D eigenvalue weighted by Crippen LogP contribution is 2.36. The van der Waals surface area contributed by atoms with E-state index in [0.717, 1.165) is 38.9 Å². The Kier molecular flexibility index (Phi) is 8.34. The Balaban J connectivity index is 2.17. The lowest BCUT2D eigenvalue weighted by Crippen LogP contribution is -2.67. The molecule has 0 heterocycles. The molecule has 1 fully saturated rings. The Labute approximate surface area is 176 Å². The molecule has 1 aliphatic carbocycles. The molecule has 2 rings (SSSR count). The van der Waals surface area contributed by atoms with Crippen molar-refractivity contribution in [2.24, 2.45) is 11.8 Å². The fourth-order valence-electron chi connectivity index (χ4n) is 3.74. The van der Waals surface area contributed by atoms with Gasteiger partial charge >= 0.3 is 17.5 Å². The van der Waals surface area contributed by atoms with E-state index in [1.165, 1.54) is 12.1 Å². The monoisotopic (exact) mass is 418 g/mol. The van der Waals surface area contributed by atoms with Gasteiger partial charge in [-0.3, -0.25) is 4.79 Å². The molecule has 0 aliphatic heterocycles. The average molecular weight is 418 g/mol. The molecule has 0 amide bonds. The van der Waals surface area contributed by atoms with Crippen LogP contribution in [-0.2, 0) is 14.3 Å². The second-order valence-corrected chi connectivity index (χ2v) is 7.41. The number of carboxylic acids is 1. The van der Waals surface area contributed by atoms with E-state index in [2.05, 4.69) is 19.1 Å². The maximum Gasteiger partial charge on any atom is 0.384 e. The number of carbonyl (C=O) groups is 2. The third kappa shape index (κ3) is 5.16. The summed E-state index contributed by atoms with van der Waals surface area (Å²) in [5.41, 5.74) is 0. The number of rotatable bonds is 11. The molecule has 1 unspecified atom stereocenters. The van der Waals surface area contributed by atoms with Crippen LogP contribution in [0.2, 0.25) is 0 Å². The average Bonchev–Trinajstić information content (AvgIpc) is 3.17. The fourth-order valence-corrected chi connectivity index (χ4v) is 3.74. The number of aliphatic hydroxyl groups is 2. The molecule has 30 heavy (non-hydrogen) atoms. The van der Waals surface area contributed by atoms with Crippen molar-refractivity contribution >= 4 is 11.8 Å². The summed E-state index contributed by atoms with van der Waals surface area (Å²) >= 11 is 0. The van der Waals surface area contributed by atoms with Crippen LogP contribution in [0.1, 0.15) is 39.0 Å². The molecular formula is C23H30O7. The third-order valence-corrected chi connectivity index (χ3v) is 5.42. The lowest BCUT2D eigenvalue weighted by Gasteiger charge is -2.36. The summed E-state index contributed by atoms with van der Waals surface area (Å²) in [4.78, 5) is 24.4. The first-order valence-corrected chi connectivity index (χ1v) is 10.1. The number of aliphatic carboxylic acids is 1. The Morgan fingerprint density at radius 3 is 2.47 bits per heavy atom. The number of para-hydroxylation sites is 1. The molecule has 0 radical (unpaired) electrons. The topological polar surface area (TPSA) is 113 Å². The highest BCUT2D eigenvalue weighted by atomic mass is 16.7. The maximum atomic E-state index is 12.6. The highest BCUT2D eigenvalue weighted by Gasteiger charge is 2.64. The van der Waals surface area contributed by atoms with Crippen molar-refractivity contribution in [2.45, 2.75) is 50.6 Å². The van der Waals surface area contributed by atoms with E-state index in [1.807, 2.05) is 0 Å². The van der Waals surface area contributed by atoms with E-state index in [4.69, 9.17) is 9.47 Å². The number of allylic oxidation sites excluding steroid dienone is 3. The quantitative estimate of drug-likeness (QED) is 0.287. The van der Waals surface area contributed by atoms with Crippen molar-refractivity contribution in [3.8, 4) is 5.75 Å². The second kappa shape index (κ2) is 10.5. The van der Waals surface area contributed by atoms with Crippen LogP contribution in [-0.4, -0.2) is 45.8 Å². The summed E-state index contributed by atoms with van der Waals surface area (Å²) in [7, 11) is 0.929. The lowest BCUT2D eigenvalue weighted by molar-refractivity contribution is -0.321. The summed E-state index contributed by atoms with van der Waals surface area (Å²) in [5, 5.41) is 30.6. The predicted molar refractivity (Wildman–Crippen MR) is 111 cm³/mol. The van der Waals surface area contributed by atoms with E-state index in [1.54, 1.807) is 24.3 Å². The largest absolute Gasteiger partial charge is 0.476 e. The van der Waals surface area contributed by atoms with E-state index < -0.39 is 23.3 Å². The zero-order valence-corrected chi connectivity index (χ0v) is 17.4. The molecule has 0 bridgehead atoms. The van der Waals surface area contributed by atoms with Crippen molar-refractivity contribution in [1.82, 2.24) is 0 Å². The lowest BCUT2D eigenvalue weighted by atomic mass is 9.91. The van der Waals surface area contributed by atoms with Crippen LogP contribution in [0.4, 0.5) is 0 Å². The first kappa shape index (κ1) is 23.8. The molecule has 1 aromatic rings. The van der Waals surface area contributed by atoms with Crippen LogP contribution >= 0.6 is 0 Å². The number of methoxy groups -OCH3 is 1. The van der Waals surface area contributed by atoms with Gasteiger partial charge in [-0.1, -0.05) is 49.8 Å². The van der Waals surface area contributed by atoms with E-state index in [-0.39, 0.29) is 5.75 Å². The summed E-state index contributed by atoms with van der Waals surface area (Å²) in [5.74, 6) is -8.77. The zero-order chi connectivity index (χ0) is 22.2. The second-order valence-electron chi connectivity index (χ2n) is 7.41. The number of hydrogen-bond donors (Lipinski definition) is 3. The van der Waals surface area contributed by atoms with Crippen molar-refractivity contribution < 1.29 is 34.4 Å². The number of ether oxygens (including phenoxy) is 2. The molecule has 0 spiro atoms. The molecule has 1 saturated carbocycles. The van der Waals surface area contributed by atoms with Gasteiger partial charge in [-0.2, -0.15) is 0 Å². The molecule has 7 heteroatoms. The predicted octanol–water partition coefficient (Wildman–Crippen LogP) is 3.07. The Bertz CT molecular complexity index is 769. The Hall–Kier alpha value is -2.48. The van der Waals surface area contributed by atoms with Crippen LogP contribution in [0, 0.1) is 11.8 Å². The number of hydrogen-bond acceptors (Lipinski definition) is 6. The van der Waals surface area contributed by atoms with E-state index >= 15 is 0 Å². The summed E-state index contributed by atoms with van der Waals surface area (Å²) in [6.07, 6.45) is 11.6. The first-order valence-electron chi connectivity index (χ1n) is 10.1. The molecule has 164 valence electrons. The van der Waals surface area contributed by atoms with Crippen molar-refractivity contribution in [2.75, 3.05) is 7.11 Å². The van der Waals surface area contributed by atoms with E-state index in [9.17, 15) is 24.9 Å². The molecule has 0 aromatic heterocycles. The Morgan fingerprint density at radius 2 is 1.87 bits per heavy atom. The molecular weight excluding hydrogens is 388 g/mol. The zero-order valence-electron chi connectivity index (χ0n) is 17.4. The number of ketones is 1. The Morgan fingerprint density at radius 1 is 1.17 bits per heavy atom. The first-order chi connectivity index (χ1) is 14.3. The van der Waals surface area contributed by atoms with Gasteiger partial charge in [0.2, 0.25) is 5.78 Å². The van der Waals surface area contributed by atoms with Crippen molar-refractivity contribution in [1.29, 1.82) is 0 Å². The van der Waals surface area contributed by atoms with Gasteiger partial charge in [-0.05, 0) is 55.7 Å². The minimum absolute atomic E-state index is 0.00233. The van der Waals surface area contributed by atoms with Crippen LogP contribution in [0.5, 0.6) is 5.75 Å². The SMILES string of the molecule is CCC=C[C@H]1CCC[C@@H]1CC=CC(=[16O])C([16OH])([16OH])C(OC)(Oc1ccccc1)C(=O)O. The van der Waals surface area contributed by atoms with Crippen LogP contribution in [0.15, 0.2) is 54.6 Å². The minimum Gasteiger partial charge on any atom is -0.476 e. The smallest absolute Gasteiger partial charge is 0.384 e. The third-order valence-electron chi connectivity index (χ3n) is 5.42. The van der Waals surface area contributed by atoms with Gasteiger partial charge in [-0.15, -0.1) is 0 Å². The molecule has 7 nitrogen and oxygen atoms in total. The standard InChI is InChI=1S/C23H30O7/c1-3-4-10-17-11-8-12-18(17)13-9-16-20(24)22(27,28)23(29-2,21(25)26)30-19-14-6-5-7-15-19/h4-7,9-10,14-18,27-28H,3,8,11-13H2,1-2H3,(H,25,26)/t17-,18+,23?/m0/s1/i24+0,27+0,28+0. The van der Waals surface area contributed by atoms with Crippen LogP contribution < -0.4 is 4.74 Å². The van der Waals surface area contributed by atoms with E-state index in [0.29, 0.717) is 18.3 Å². The number of carboxylic acid groups (broad SMARTS) is 1. The normalized spacial score (nSPS) is 21.7. The summed E-state index contributed by atoms with van der Waals surface area (Å²) in [6, 6.07) is 7.64. The number of benzene rings is 1. The molecule has 1 aliphatic rings. The van der Waals surface area contributed by atoms with Gasteiger partial charge in [0, 0.05) is 7.11 Å². The molecule has 1 aromatic carbocycles. The van der Waals surface area contributed by atoms with Gasteiger partial charge < -0.3 is 24.8 Å². The van der Waals surface area contributed by atoms with Crippen LogP contribution in [0.25, 0.3) is 0 Å². The van der Waals surface area contributed by atoms with Gasteiger partial charge in [0.1, 0.15) is 5.75 Å². The maximum absolute atomic E-state index is 12.6. The van der Waals surface area contributed by atoms with Gasteiger partial charge in [0.15, 0.2) is 0 Å². The molecule has 3 atom stereocenters. The van der Waals surface area contributed by atoms with Gasteiger partial charge in [0.25, 0.3) is 0 Å². The fraction of sp³-hybridized carbons (Fsp3) is 0.478. The van der Waals surface area contributed by atoms with Crippen LogP contribution in [0.3, 0.4) is 0 Å². The molecule has 0 saturated heterocycles. The molecule has 3 N–H and O–H groups in total. The highest BCUT2D eigenvalue weighted by molar-refractivity contribution is 6.00. The van der Waals surface area contributed by atoms with Gasteiger partial charge in [0.05, 0.1) is 0 Å². The summed E-state index contributed by atoms with van der Waals surface area (Å²) < 4.78 is 10.1. The van der Waals surface area contributed by atoms with Gasteiger partial charge in [-0.25, -0.2) is 4.79 Å². The van der Waals surface area contributed by atoms with Crippen molar-refractivity contribution in [3.63, 3.8) is 0 Å². The van der Waals surface area contributed by atoms with Crippen molar-refractivity contribution in [3.05, 3.63) is 54.6 Å². The minimum atomic E-state index is -3.45. The number of carbonyl (C=O) groups excluding carboxylic acids is 1.